The summed E-state index contributed by atoms with van der Waals surface area (Å²) in [5, 5.41) is 12.3. The van der Waals surface area contributed by atoms with Crippen LogP contribution in [0.5, 0.6) is 0 Å². The van der Waals surface area contributed by atoms with Crippen LogP contribution in [0.2, 0.25) is 5.04 Å². The maximum absolute atomic E-state index is 12.9. The molecule has 0 unspecified atom stereocenters. The number of ether oxygens (including phenoxy) is 3. The van der Waals surface area contributed by atoms with Gasteiger partial charge in [0.1, 0.15) is 18.3 Å². The van der Waals surface area contributed by atoms with E-state index in [0.717, 1.165) is 10.4 Å². The van der Waals surface area contributed by atoms with Gasteiger partial charge in [0, 0.05) is 18.9 Å². The third kappa shape index (κ3) is 5.72. The minimum Gasteiger partial charge on any atom is -0.399 e. The molecule has 1 aliphatic heterocycles. The molecule has 1 aromatic heterocycles. The lowest BCUT2D eigenvalue weighted by Gasteiger charge is -2.46. The first kappa shape index (κ1) is 29.1. The predicted octanol–water partition coefficient (Wildman–Crippen LogP) is 1.71. The van der Waals surface area contributed by atoms with Gasteiger partial charge < -0.3 is 23.7 Å². The largest absolute Gasteiger partial charge is 0.399 e. The molecule has 0 radical (unpaired) electrons. The first-order chi connectivity index (χ1) is 18.6. The van der Waals surface area contributed by atoms with Gasteiger partial charge in [0.25, 0.3) is 13.9 Å². The fourth-order valence-electron chi connectivity index (χ4n) is 5.34. The van der Waals surface area contributed by atoms with Gasteiger partial charge in [0.05, 0.1) is 19.8 Å². The van der Waals surface area contributed by atoms with Crippen LogP contribution in [-0.2, 0) is 18.6 Å². The molecule has 10 heteroatoms. The number of aliphatic hydroxyl groups excluding tert-OH is 1. The van der Waals surface area contributed by atoms with Crippen LogP contribution in [0, 0.1) is 6.92 Å². The Kier molecular flexibility index (Phi) is 9.05. The highest BCUT2D eigenvalue weighted by Gasteiger charge is 2.57. The third-order valence-corrected chi connectivity index (χ3v) is 12.2. The highest BCUT2D eigenvalue weighted by atomic mass is 28.4. The average Bonchev–Trinajstić information content (AvgIpc) is 3.26. The van der Waals surface area contributed by atoms with Gasteiger partial charge in [0.2, 0.25) is 0 Å². The first-order valence-corrected chi connectivity index (χ1v) is 15.0. The van der Waals surface area contributed by atoms with Crippen LogP contribution in [0.15, 0.2) is 76.4 Å². The van der Waals surface area contributed by atoms with E-state index in [1.54, 1.807) is 14.0 Å². The van der Waals surface area contributed by atoms with E-state index < -0.39 is 44.1 Å². The first-order valence-electron chi connectivity index (χ1n) is 13.1. The van der Waals surface area contributed by atoms with Crippen molar-refractivity contribution in [3.8, 4) is 0 Å². The lowest BCUT2D eigenvalue weighted by Crippen LogP contribution is -2.69. The van der Waals surface area contributed by atoms with Crippen molar-refractivity contribution in [3.05, 3.63) is 93.3 Å². The Balaban J connectivity index is 1.88. The number of nitrogens with zero attached hydrogens (tertiary/aromatic N) is 1. The van der Waals surface area contributed by atoms with Gasteiger partial charge in [-0.15, -0.1) is 0 Å². The number of benzene rings is 2. The summed E-state index contributed by atoms with van der Waals surface area (Å²) in [5.74, 6) is 0. The summed E-state index contributed by atoms with van der Waals surface area (Å²) in [6, 6.07) is 20.3. The molecule has 210 valence electrons. The minimum atomic E-state index is -3.07. The molecule has 0 amide bonds. The van der Waals surface area contributed by atoms with Gasteiger partial charge in [-0.25, -0.2) is 4.79 Å². The van der Waals surface area contributed by atoms with Gasteiger partial charge in [-0.2, -0.15) is 0 Å². The van der Waals surface area contributed by atoms with E-state index in [2.05, 4.69) is 50.0 Å². The van der Waals surface area contributed by atoms with Gasteiger partial charge in [-0.1, -0.05) is 81.4 Å². The number of hydrogen-bond donors (Lipinski definition) is 2. The normalized spacial score (nSPS) is 21.8. The molecule has 2 N–H and O–H groups in total. The summed E-state index contributed by atoms with van der Waals surface area (Å²) >= 11 is 0. The summed E-state index contributed by atoms with van der Waals surface area (Å²) in [5.41, 5.74) is -0.741. The van der Waals surface area contributed by atoms with Gasteiger partial charge in [-0.05, 0) is 22.3 Å². The molecule has 4 rings (SSSR count). The van der Waals surface area contributed by atoms with Crippen molar-refractivity contribution < 1.29 is 23.7 Å². The zero-order valence-corrected chi connectivity index (χ0v) is 24.1. The summed E-state index contributed by atoms with van der Waals surface area (Å²) in [7, 11) is -1.50. The minimum absolute atomic E-state index is 0.219. The van der Waals surface area contributed by atoms with Gasteiger partial charge in [0.15, 0.2) is 6.23 Å². The molecule has 2 aromatic carbocycles. The SMILES string of the molecule is COCCO[C@@H]1[C@H](O[Si](c2ccccc2)(c2ccccc2)C(C)(C)C)[C@@H](CO)O[C@H]1n1cc(C)c(=O)[nH]c1=O. The second-order valence-electron chi connectivity index (χ2n) is 10.8. The Labute approximate surface area is 229 Å². The number of methoxy groups -OCH3 is 1. The molecule has 39 heavy (non-hydrogen) atoms. The number of aromatic nitrogens is 2. The van der Waals surface area contributed by atoms with Crippen LogP contribution in [0.1, 0.15) is 32.6 Å². The number of rotatable bonds is 10. The van der Waals surface area contributed by atoms with Gasteiger partial charge >= 0.3 is 5.69 Å². The molecule has 9 nitrogen and oxygen atoms in total. The highest BCUT2D eigenvalue weighted by Crippen LogP contribution is 2.42. The quantitative estimate of drug-likeness (QED) is 0.290. The van der Waals surface area contributed by atoms with Crippen molar-refractivity contribution in [1.29, 1.82) is 0 Å². The van der Waals surface area contributed by atoms with Crippen LogP contribution in [-0.4, -0.2) is 68.2 Å². The van der Waals surface area contributed by atoms with E-state index in [1.807, 2.05) is 36.4 Å². The molecule has 1 saturated heterocycles. The average molecular weight is 555 g/mol. The molecule has 0 bridgehead atoms. The smallest absolute Gasteiger partial charge is 0.330 e. The van der Waals surface area contributed by atoms with Crippen molar-refractivity contribution in [3.63, 3.8) is 0 Å². The van der Waals surface area contributed by atoms with Crippen molar-refractivity contribution >= 4 is 18.7 Å². The van der Waals surface area contributed by atoms with Crippen LogP contribution in [0.3, 0.4) is 0 Å². The number of aryl methyl sites for hydroxylation is 1. The van der Waals surface area contributed by atoms with Crippen LogP contribution in [0.4, 0.5) is 0 Å². The van der Waals surface area contributed by atoms with E-state index in [1.165, 1.54) is 10.8 Å². The fourth-order valence-corrected chi connectivity index (χ4v) is 10.0. The molecular weight excluding hydrogens is 516 g/mol. The Morgan fingerprint density at radius 1 is 0.974 bits per heavy atom. The molecule has 0 spiro atoms. The second-order valence-corrected chi connectivity index (χ2v) is 15.1. The topological polar surface area (TPSA) is 112 Å². The number of hydrogen-bond acceptors (Lipinski definition) is 7. The Morgan fingerprint density at radius 2 is 1.56 bits per heavy atom. The Hall–Kier alpha value is -2.86. The predicted molar refractivity (Wildman–Crippen MR) is 151 cm³/mol. The van der Waals surface area contributed by atoms with Crippen molar-refractivity contribution in [2.75, 3.05) is 26.9 Å². The summed E-state index contributed by atoms with van der Waals surface area (Å²) in [6.07, 6.45) is -1.78. The zero-order chi connectivity index (χ0) is 28.2. The molecule has 4 atom stereocenters. The van der Waals surface area contributed by atoms with E-state index in [0.29, 0.717) is 12.2 Å². The van der Waals surface area contributed by atoms with E-state index >= 15 is 0 Å². The standard InChI is InChI=1S/C29H38N2O7Si/c1-20-18-31(28(34)30-26(20)33)27-25(36-17-16-35-5)24(23(19-32)37-27)38-39(29(2,3)4,21-12-8-6-9-13-21)22-14-10-7-11-15-22/h6-15,18,23-25,27,32H,16-17,19H2,1-5H3,(H,30,33,34)/t23-,24-,25-,27-/m1/s1. The number of aromatic amines is 1. The number of nitrogens with one attached hydrogen (secondary N) is 1. The second kappa shape index (κ2) is 12.1. The molecule has 3 aromatic rings. The fraction of sp³-hybridized carbons (Fsp3) is 0.448. The van der Waals surface area contributed by atoms with E-state index in [-0.39, 0.29) is 18.3 Å². The van der Waals surface area contributed by atoms with Crippen molar-refractivity contribution in [2.24, 2.45) is 0 Å². The Morgan fingerprint density at radius 3 is 2.08 bits per heavy atom. The van der Waals surface area contributed by atoms with Gasteiger partial charge in [-0.3, -0.25) is 14.3 Å². The van der Waals surface area contributed by atoms with Crippen LogP contribution in [0.25, 0.3) is 0 Å². The molecule has 1 fully saturated rings. The highest BCUT2D eigenvalue weighted by molar-refractivity contribution is 6.99. The molecular formula is C29H38N2O7Si. The summed E-state index contributed by atoms with van der Waals surface area (Å²) in [4.78, 5) is 27.3. The van der Waals surface area contributed by atoms with E-state index in [9.17, 15) is 14.7 Å². The summed E-state index contributed by atoms with van der Waals surface area (Å²) < 4.78 is 26.4. The Bertz CT molecular complexity index is 1300. The molecule has 0 saturated carbocycles. The van der Waals surface area contributed by atoms with Crippen LogP contribution >= 0.6 is 0 Å². The molecule has 1 aliphatic rings. The maximum Gasteiger partial charge on any atom is 0.330 e. The molecule has 2 heterocycles. The number of H-pyrrole nitrogens is 1. The maximum atomic E-state index is 12.9. The molecule has 0 aliphatic carbocycles. The number of aliphatic hydroxyl groups is 1. The summed E-state index contributed by atoms with van der Waals surface area (Å²) in [6.45, 7) is 8.30. The zero-order valence-electron chi connectivity index (χ0n) is 23.1. The van der Waals surface area contributed by atoms with Crippen molar-refractivity contribution in [2.45, 2.75) is 57.3 Å². The lowest BCUT2D eigenvalue weighted by molar-refractivity contribution is -0.0813. The third-order valence-electron chi connectivity index (χ3n) is 7.21. The van der Waals surface area contributed by atoms with Crippen LogP contribution < -0.4 is 21.6 Å². The van der Waals surface area contributed by atoms with Crippen molar-refractivity contribution in [1.82, 2.24) is 9.55 Å². The monoisotopic (exact) mass is 554 g/mol. The van der Waals surface area contributed by atoms with E-state index in [4.69, 9.17) is 18.6 Å². The lowest BCUT2D eigenvalue weighted by atomic mass is 10.1.